The third-order valence-electron chi connectivity index (χ3n) is 4.84. The van der Waals surface area contributed by atoms with Gasteiger partial charge in [0, 0.05) is 12.4 Å². The number of nitrogens with two attached hydrogens (primary N) is 1. The number of nitrogens with zero attached hydrogens (tertiary/aromatic N) is 3. The van der Waals surface area contributed by atoms with E-state index < -0.39 is 23.1 Å². The topological polar surface area (TPSA) is 145 Å². The quantitative estimate of drug-likeness (QED) is 0.330. The number of aliphatic hydroxyl groups excluding tert-OH is 1. The van der Waals surface area contributed by atoms with Crippen molar-refractivity contribution >= 4 is 39.5 Å². The molecule has 0 fully saturated rings. The van der Waals surface area contributed by atoms with Crippen molar-refractivity contribution < 1.29 is 14.6 Å². The number of aromatic nitrogens is 4. The van der Waals surface area contributed by atoms with Crippen LogP contribution in [0.4, 0.5) is 0 Å². The Morgan fingerprint density at radius 1 is 1.25 bits per heavy atom. The molecule has 0 spiro atoms. The van der Waals surface area contributed by atoms with Crippen molar-refractivity contribution in [3.63, 3.8) is 0 Å². The summed E-state index contributed by atoms with van der Waals surface area (Å²) < 4.78 is 8.29. The number of aliphatic hydroxyl groups is 1. The van der Waals surface area contributed by atoms with Gasteiger partial charge in [-0.05, 0) is 11.5 Å². The zero-order valence-corrected chi connectivity index (χ0v) is 18.0. The van der Waals surface area contributed by atoms with Gasteiger partial charge in [-0.3, -0.25) is 24.2 Å². The van der Waals surface area contributed by atoms with Crippen molar-refractivity contribution in [2.45, 2.75) is 17.8 Å². The number of imidazole rings is 1. The standard InChI is InChI=1S/C21H21N5O5S/c1-25-20(30)17-18(19(29)24-25)26(21(23-17)32-11-16(22)28)9-13(27)10-31-15-8-4-6-12-5-2-3-7-14(12)15/h2-8,13,27H,9-11H2,1H3,(H2,22,28)(H,24,29). The van der Waals surface area contributed by atoms with Crippen LogP contribution in [0.15, 0.2) is 57.2 Å². The molecule has 2 aromatic carbocycles. The predicted octanol–water partition coefficient (Wildman–Crippen LogP) is 0.594. The van der Waals surface area contributed by atoms with E-state index in [0.29, 0.717) is 5.75 Å². The van der Waals surface area contributed by atoms with Crippen LogP contribution in [0.2, 0.25) is 0 Å². The average Bonchev–Trinajstić information content (AvgIpc) is 3.13. The Morgan fingerprint density at radius 2 is 2.00 bits per heavy atom. The number of thioether (sulfide) groups is 1. The number of benzene rings is 2. The zero-order valence-electron chi connectivity index (χ0n) is 17.1. The fourth-order valence-electron chi connectivity index (χ4n) is 3.41. The first kappa shape index (κ1) is 21.7. The minimum absolute atomic E-state index is 0.0179. The molecule has 4 rings (SSSR count). The maximum Gasteiger partial charge on any atom is 0.293 e. The fourth-order valence-corrected chi connectivity index (χ4v) is 4.16. The molecule has 2 aromatic heterocycles. The van der Waals surface area contributed by atoms with Gasteiger partial charge in [-0.2, -0.15) is 0 Å². The zero-order chi connectivity index (χ0) is 22.8. The Hall–Kier alpha value is -3.57. The van der Waals surface area contributed by atoms with Gasteiger partial charge in [0.15, 0.2) is 10.7 Å². The van der Waals surface area contributed by atoms with E-state index in [9.17, 15) is 19.5 Å². The molecule has 1 unspecified atom stereocenters. The van der Waals surface area contributed by atoms with E-state index in [1.165, 1.54) is 11.6 Å². The van der Waals surface area contributed by atoms with Gasteiger partial charge in [-0.25, -0.2) is 4.98 Å². The van der Waals surface area contributed by atoms with Crippen molar-refractivity contribution in [3.8, 4) is 5.75 Å². The van der Waals surface area contributed by atoms with Gasteiger partial charge in [-0.1, -0.05) is 48.2 Å². The minimum Gasteiger partial charge on any atom is -0.490 e. The van der Waals surface area contributed by atoms with Crippen LogP contribution in [-0.2, 0) is 18.4 Å². The molecule has 32 heavy (non-hydrogen) atoms. The largest absolute Gasteiger partial charge is 0.490 e. The van der Waals surface area contributed by atoms with E-state index in [1.807, 2.05) is 42.5 Å². The van der Waals surface area contributed by atoms with Crippen molar-refractivity contribution in [2.75, 3.05) is 12.4 Å². The van der Waals surface area contributed by atoms with Gasteiger partial charge >= 0.3 is 0 Å². The number of carbonyl (C=O) groups excluding carboxylic acids is 1. The average molecular weight is 455 g/mol. The molecule has 0 saturated heterocycles. The maximum absolute atomic E-state index is 12.5. The normalized spacial score (nSPS) is 12.3. The molecular formula is C21H21N5O5S. The van der Waals surface area contributed by atoms with Crippen LogP contribution < -0.4 is 21.6 Å². The van der Waals surface area contributed by atoms with Crippen LogP contribution in [0, 0.1) is 0 Å². The number of hydrogen-bond acceptors (Lipinski definition) is 7. The molecule has 0 bridgehead atoms. The lowest BCUT2D eigenvalue weighted by atomic mass is 10.1. The van der Waals surface area contributed by atoms with Gasteiger partial charge < -0.3 is 20.1 Å². The number of aromatic amines is 1. The molecular weight excluding hydrogens is 434 g/mol. The van der Waals surface area contributed by atoms with E-state index in [0.717, 1.165) is 27.2 Å². The number of primary amides is 1. The van der Waals surface area contributed by atoms with Gasteiger partial charge in [0.2, 0.25) is 5.91 Å². The van der Waals surface area contributed by atoms with Crippen LogP contribution >= 0.6 is 11.8 Å². The van der Waals surface area contributed by atoms with Crippen molar-refractivity contribution in [1.82, 2.24) is 19.3 Å². The highest BCUT2D eigenvalue weighted by Crippen LogP contribution is 2.26. The fraction of sp³-hybridized carbons (Fsp3) is 0.238. The van der Waals surface area contributed by atoms with E-state index in [-0.39, 0.29) is 35.1 Å². The smallest absolute Gasteiger partial charge is 0.293 e. The summed E-state index contributed by atoms with van der Waals surface area (Å²) in [5, 5.41) is 15.2. The Kier molecular flexibility index (Phi) is 6.01. The van der Waals surface area contributed by atoms with Crippen molar-refractivity contribution in [1.29, 1.82) is 0 Å². The predicted molar refractivity (Wildman–Crippen MR) is 121 cm³/mol. The van der Waals surface area contributed by atoms with Crippen molar-refractivity contribution in [3.05, 3.63) is 63.2 Å². The first-order chi connectivity index (χ1) is 15.3. The highest BCUT2D eigenvalue weighted by Gasteiger charge is 2.21. The highest BCUT2D eigenvalue weighted by atomic mass is 32.2. The third kappa shape index (κ3) is 4.25. The van der Waals surface area contributed by atoms with Crippen LogP contribution in [0.3, 0.4) is 0 Å². The van der Waals surface area contributed by atoms with E-state index in [4.69, 9.17) is 10.5 Å². The number of hydrogen-bond donors (Lipinski definition) is 3. The lowest BCUT2D eigenvalue weighted by Crippen LogP contribution is -2.30. The van der Waals surface area contributed by atoms with Gasteiger partial charge in [0.25, 0.3) is 11.1 Å². The molecule has 4 N–H and O–H groups in total. The summed E-state index contributed by atoms with van der Waals surface area (Å²) in [5.74, 6) is -0.0487. The second-order valence-electron chi connectivity index (χ2n) is 7.20. The SMILES string of the molecule is Cn1[nH]c(=O)c2c(nc(SCC(N)=O)n2CC(O)COc2cccc3ccccc23)c1=O. The summed E-state index contributed by atoms with van der Waals surface area (Å²) in [6.07, 6.45) is -1.03. The molecule has 11 heteroatoms. The molecule has 166 valence electrons. The molecule has 4 aromatic rings. The summed E-state index contributed by atoms with van der Waals surface area (Å²) in [6.45, 7) is -0.130. The first-order valence-electron chi connectivity index (χ1n) is 9.74. The van der Waals surface area contributed by atoms with Gasteiger partial charge in [0.05, 0.1) is 12.3 Å². The Balaban J connectivity index is 1.62. The van der Waals surface area contributed by atoms with Gasteiger partial charge in [0.1, 0.15) is 24.0 Å². The van der Waals surface area contributed by atoms with Crippen molar-refractivity contribution in [2.24, 2.45) is 12.8 Å². The monoisotopic (exact) mass is 455 g/mol. The Morgan fingerprint density at radius 3 is 2.78 bits per heavy atom. The maximum atomic E-state index is 12.5. The number of nitrogens with one attached hydrogen (secondary N) is 1. The summed E-state index contributed by atoms with van der Waals surface area (Å²) in [7, 11) is 1.41. The Labute approximate surface area is 185 Å². The van der Waals surface area contributed by atoms with E-state index >= 15 is 0 Å². The molecule has 1 atom stereocenters. The second kappa shape index (κ2) is 8.89. The lowest BCUT2D eigenvalue weighted by molar-refractivity contribution is -0.115. The molecule has 2 heterocycles. The summed E-state index contributed by atoms with van der Waals surface area (Å²) in [4.78, 5) is 40.4. The summed E-state index contributed by atoms with van der Waals surface area (Å²) >= 11 is 0.987. The van der Waals surface area contributed by atoms with Crippen LogP contribution in [0.5, 0.6) is 5.75 Å². The summed E-state index contributed by atoms with van der Waals surface area (Å²) in [5.41, 5.74) is 4.16. The molecule has 0 radical (unpaired) electrons. The first-order valence-corrected chi connectivity index (χ1v) is 10.7. The second-order valence-corrected chi connectivity index (χ2v) is 8.15. The number of aryl methyl sites for hydroxylation is 1. The summed E-state index contributed by atoms with van der Waals surface area (Å²) in [6, 6.07) is 13.4. The van der Waals surface area contributed by atoms with Crippen LogP contribution in [0.1, 0.15) is 0 Å². The molecule has 1 amide bonds. The van der Waals surface area contributed by atoms with Gasteiger partial charge in [-0.15, -0.1) is 0 Å². The lowest BCUT2D eigenvalue weighted by Gasteiger charge is -2.16. The Bertz CT molecular complexity index is 1420. The van der Waals surface area contributed by atoms with Crippen LogP contribution in [-0.4, -0.2) is 48.8 Å². The number of H-pyrrole nitrogens is 1. The molecule has 0 aliphatic carbocycles. The minimum atomic E-state index is -1.03. The van der Waals surface area contributed by atoms with E-state index in [1.54, 1.807) is 0 Å². The number of amides is 1. The molecule has 10 nitrogen and oxygen atoms in total. The van der Waals surface area contributed by atoms with E-state index in [2.05, 4.69) is 10.1 Å². The molecule has 0 saturated carbocycles. The number of fused-ring (bicyclic) bond motifs is 2. The molecule has 0 aliphatic rings. The number of rotatable bonds is 8. The number of ether oxygens (including phenoxy) is 1. The number of carbonyl (C=O) groups is 1. The third-order valence-corrected chi connectivity index (χ3v) is 5.84. The molecule has 0 aliphatic heterocycles. The van der Waals surface area contributed by atoms with Crippen LogP contribution in [0.25, 0.3) is 21.8 Å². The highest BCUT2D eigenvalue weighted by molar-refractivity contribution is 7.99.